The predicted molar refractivity (Wildman–Crippen MR) is 315 cm³/mol. The number of aliphatic hydroxyl groups is 2. The third-order valence-corrected chi connectivity index (χ3v) is 11.6. The van der Waals surface area contributed by atoms with Crippen LogP contribution < -0.4 is 0 Å². The quantitative estimate of drug-likeness (QED) is 0.0942. The molecule has 0 saturated carbocycles. The average Bonchev–Trinajstić information content (AvgIpc) is 3.25. The zero-order chi connectivity index (χ0) is 54.3. The molecule has 2 aliphatic carbocycles. The number of rotatable bonds is 20. The fourth-order valence-electron chi connectivity index (χ4n) is 7.70. The van der Waals surface area contributed by atoms with E-state index in [-0.39, 0.29) is 34.6 Å². The Morgan fingerprint density at radius 3 is 0.806 bits per heavy atom. The van der Waals surface area contributed by atoms with Crippen LogP contribution in [0.4, 0.5) is 0 Å². The van der Waals surface area contributed by atoms with Gasteiger partial charge in [0, 0.05) is 0 Å². The SMILES string of the molecule is CC(=O)\C=C/C=C(C)/C=C/C=C(C)/C=C/C=C/C(C)=C/C=C/C(C)=C/C=C1\C(C)=CC(O)CC1(C)C.CC(=O)\C=C/C=C(C)/C=C/C=C(C)/C=C/C=C/C(C)=C/C=C/C(C)=C/C=C1\C(C)=CC(O)CC1(C)C. The van der Waals surface area contributed by atoms with E-state index in [1.807, 2.05) is 86.8 Å². The largest absolute Gasteiger partial charge is 0.389 e. The molecule has 0 aromatic rings. The van der Waals surface area contributed by atoms with Crippen molar-refractivity contribution >= 4 is 11.6 Å². The number of ketones is 2. The summed E-state index contributed by atoms with van der Waals surface area (Å²) < 4.78 is 0. The van der Waals surface area contributed by atoms with Crippen molar-refractivity contribution in [3.05, 3.63) is 261 Å². The third-order valence-electron chi connectivity index (χ3n) is 11.6. The highest BCUT2D eigenvalue weighted by Gasteiger charge is 2.31. The molecule has 0 fully saturated rings. The monoisotopic (exact) mass is 969 g/mol. The molecule has 4 heteroatoms. The highest BCUT2D eigenvalue weighted by molar-refractivity contribution is 5.87. The van der Waals surface area contributed by atoms with Crippen molar-refractivity contribution < 1.29 is 19.8 Å². The van der Waals surface area contributed by atoms with Crippen LogP contribution in [0.5, 0.6) is 0 Å². The summed E-state index contributed by atoms with van der Waals surface area (Å²) in [7, 11) is 0. The molecule has 0 aromatic carbocycles. The Labute approximate surface area is 437 Å². The van der Waals surface area contributed by atoms with Gasteiger partial charge in [0.15, 0.2) is 11.6 Å². The number of carbonyl (C=O) groups is 2. The Morgan fingerprint density at radius 2 is 0.583 bits per heavy atom. The van der Waals surface area contributed by atoms with Gasteiger partial charge in [0.25, 0.3) is 0 Å². The average molecular weight is 969 g/mol. The molecule has 0 radical (unpaired) electrons. The van der Waals surface area contributed by atoms with E-state index in [9.17, 15) is 19.8 Å². The lowest BCUT2D eigenvalue weighted by atomic mass is 9.72. The minimum atomic E-state index is -0.352. The number of hydrogen-bond acceptors (Lipinski definition) is 4. The number of aliphatic hydroxyl groups excluding tert-OH is 2. The van der Waals surface area contributed by atoms with E-state index in [1.165, 1.54) is 33.4 Å². The summed E-state index contributed by atoms with van der Waals surface area (Å²) in [5, 5.41) is 20.0. The van der Waals surface area contributed by atoms with Gasteiger partial charge in [-0.15, -0.1) is 0 Å². The maximum Gasteiger partial charge on any atom is 0.152 e. The van der Waals surface area contributed by atoms with Crippen molar-refractivity contribution in [3.8, 4) is 0 Å². The first-order valence-corrected chi connectivity index (χ1v) is 25.1. The first-order valence-electron chi connectivity index (χ1n) is 25.1. The Hall–Kier alpha value is -6.46. The lowest BCUT2D eigenvalue weighted by molar-refractivity contribution is -0.113. The smallest absolute Gasteiger partial charge is 0.152 e. The summed E-state index contributed by atoms with van der Waals surface area (Å²) in [5.41, 5.74) is 14.0. The van der Waals surface area contributed by atoms with Gasteiger partial charge in [-0.05, 0) is 141 Å². The molecule has 0 saturated heterocycles. The van der Waals surface area contributed by atoms with Crippen molar-refractivity contribution in [1.29, 1.82) is 0 Å². The van der Waals surface area contributed by atoms with Gasteiger partial charge in [-0.25, -0.2) is 0 Å². The minimum Gasteiger partial charge on any atom is -0.389 e. The Morgan fingerprint density at radius 1 is 0.375 bits per heavy atom. The molecule has 0 amide bonds. The Bertz CT molecular complexity index is 2380. The summed E-state index contributed by atoms with van der Waals surface area (Å²) >= 11 is 0. The first-order chi connectivity index (χ1) is 33.8. The molecule has 4 nitrogen and oxygen atoms in total. The molecule has 2 atom stereocenters. The lowest BCUT2D eigenvalue weighted by Crippen LogP contribution is -2.27. The van der Waals surface area contributed by atoms with E-state index < -0.39 is 0 Å². The maximum absolute atomic E-state index is 10.9. The van der Waals surface area contributed by atoms with E-state index in [4.69, 9.17) is 0 Å². The second kappa shape index (κ2) is 34.0. The maximum atomic E-state index is 10.9. The topological polar surface area (TPSA) is 74.6 Å². The third kappa shape index (κ3) is 29.7. The van der Waals surface area contributed by atoms with Gasteiger partial charge in [0.1, 0.15) is 0 Å². The van der Waals surface area contributed by atoms with E-state index in [0.29, 0.717) is 0 Å². The zero-order valence-electron chi connectivity index (χ0n) is 46.8. The fourth-order valence-corrected chi connectivity index (χ4v) is 7.70. The molecule has 384 valence electrons. The molecule has 2 unspecified atom stereocenters. The van der Waals surface area contributed by atoms with Crippen LogP contribution in [-0.4, -0.2) is 34.0 Å². The highest BCUT2D eigenvalue weighted by Crippen LogP contribution is 2.41. The van der Waals surface area contributed by atoms with Crippen molar-refractivity contribution in [2.75, 3.05) is 0 Å². The second-order valence-electron chi connectivity index (χ2n) is 20.3. The molecule has 0 aliphatic heterocycles. The van der Waals surface area contributed by atoms with Crippen LogP contribution in [0.15, 0.2) is 261 Å². The van der Waals surface area contributed by atoms with E-state index in [2.05, 4.69) is 180 Å². The number of hydrogen-bond donors (Lipinski definition) is 2. The van der Waals surface area contributed by atoms with E-state index >= 15 is 0 Å². The lowest BCUT2D eigenvalue weighted by Gasteiger charge is -2.34. The van der Waals surface area contributed by atoms with Crippen molar-refractivity contribution in [1.82, 2.24) is 0 Å². The summed E-state index contributed by atoms with van der Waals surface area (Å²) in [5.74, 6) is 0.0975. The minimum absolute atomic E-state index is 0.0259. The van der Waals surface area contributed by atoms with Gasteiger partial charge in [-0.2, -0.15) is 0 Å². The molecule has 0 spiro atoms. The van der Waals surface area contributed by atoms with Crippen LogP contribution in [0.25, 0.3) is 0 Å². The summed E-state index contributed by atoms with van der Waals surface area (Å²) in [4.78, 5) is 21.8. The molecule has 0 aromatic heterocycles. The van der Waals surface area contributed by atoms with Crippen molar-refractivity contribution in [2.45, 2.75) is 136 Å². The fraction of sp³-hybridized carbons (Fsp3) is 0.324. The highest BCUT2D eigenvalue weighted by atomic mass is 16.3. The summed E-state index contributed by atoms with van der Waals surface area (Å²) in [6, 6.07) is 0. The molecule has 2 aliphatic rings. The molecule has 2 rings (SSSR count). The van der Waals surface area contributed by atoms with Gasteiger partial charge in [-0.3, -0.25) is 9.59 Å². The Balaban J connectivity index is 0.000000720. The summed E-state index contributed by atoms with van der Waals surface area (Å²) in [6.07, 6.45) is 65.1. The standard InChI is InChI=1S/2C34H44O2/c2*1-26(16-11-18-28(3)20-13-21-31(6)35)14-9-10-15-27(2)17-12-19-29(4)22-23-33-30(5)24-32(36)25-34(33,7)8/h2*9-24,32,36H,25H2,1-8H3/b2*14-9+,15-10+,18-11+,19-12+,21-13-,26-16+,27-17+,28-20+,29-22+,33-23+. The molecule has 0 heterocycles. The second-order valence-corrected chi connectivity index (χ2v) is 20.3. The zero-order valence-corrected chi connectivity index (χ0v) is 46.8. The van der Waals surface area contributed by atoms with Crippen LogP contribution >= 0.6 is 0 Å². The van der Waals surface area contributed by atoms with Gasteiger partial charge >= 0.3 is 0 Å². The van der Waals surface area contributed by atoms with Gasteiger partial charge < -0.3 is 10.2 Å². The van der Waals surface area contributed by atoms with E-state index in [1.54, 1.807) is 38.2 Å². The first kappa shape index (κ1) is 63.6. The van der Waals surface area contributed by atoms with Crippen LogP contribution in [-0.2, 0) is 9.59 Å². The van der Waals surface area contributed by atoms with Gasteiger partial charge in [0.05, 0.1) is 12.2 Å². The summed E-state index contributed by atoms with van der Waals surface area (Å²) in [6.45, 7) is 32.5. The molecule has 2 N–H and O–H groups in total. The number of allylic oxidation sites excluding steroid dienone is 42. The normalized spacial score (nSPS) is 21.8. The van der Waals surface area contributed by atoms with E-state index in [0.717, 1.165) is 46.3 Å². The van der Waals surface area contributed by atoms with Crippen LogP contribution in [0.2, 0.25) is 0 Å². The molecule has 0 bridgehead atoms. The van der Waals surface area contributed by atoms with Gasteiger partial charge in [-0.1, -0.05) is 255 Å². The van der Waals surface area contributed by atoms with Crippen LogP contribution in [0.1, 0.15) is 124 Å². The molecular weight excluding hydrogens is 881 g/mol. The van der Waals surface area contributed by atoms with Crippen LogP contribution in [0.3, 0.4) is 0 Å². The van der Waals surface area contributed by atoms with Gasteiger partial charge in [0.2, 0.25) is 0 Å². The molecular formula is C68H88O4. The predicted octanol–water partition coefficient (Wildman–Crippen LogP) is 17.6. The Kier molecular flexibility index (Phi) is 30.0. The molecule has 72 heavy (non-hydrogen) atoms. The van der Waals surface area contributed by atoms with Crippen molar-refractivity contribution in [3.63, 3.8) is 0 Å². The number of carbonyl (C=O) groups excluding carboxylic acids is 2. The van der Waals surface area contributed by atoms with Crippen LogP contribution in [0, 0.1) is 10.8 Å². The van der Waals surface area contributed by atoms with Crippen molar-refractivity contribution in [2.24, 2.45) is 10.8 Å².